The van der Waals surface area contributed by atoms with E-state index in [-0.39, 0.29) is 5.56 Å². The molecule has 0 saturated heterocycles. The molecule has 0 fully saturated rings. The quantitative estimate of drug-likeness (QED) is 0.851. The molecule has 0 atom stereocenters. The summed E-state index contributed by atoms with van der Waals surface area (Å²) in [6.07, 6.45) is 1.85. The largest absolute Gasteiger partial charge is 0.310 e. The first kappa shape index (κ1) is 13.9. The Morgan fingerprint density at radius 2 is 2.11 bits per heavy atom. The number of aromatic amines is 1. The summed E-state index contributed by atoms with van der Waals surface area (Å²) in [5, 5.41) is 0. The van der Waals surface area contributed by atoms with E-state index in [4.69, 9.17) is 0 Å². The lowest BCUT2D eigenvalue weighted by molar-refractivity contribution is 0.845. The average molecular weight is 274 g/mol. The summed E-state index contributed by atoms with van der Waals surface area (Å²) in [6, 6.07) is 9.83. The first-order chi connectivity index (χ1) is 9.19. The number of nitrogens with zero attached hydrogens (tertiary/aromatic N) is 1. The van der Waals surface area contributed by atoms with Crippen molar-refractivity contribution in [3.8, 4) is 0 Å². The highest BCUT2D eigenvalue weighted by Crippen LogP contribution is 2.24. The number of aryl methyl sites for hydroxylation is 2. The molecule has 3 nitrogen and oxygen atoms in total. The van der Waals surface area contributed by atoms with Gasteiger partial charge >= 0.3 is 0 Å². The highest BCUT2D eigenvalue weighted by molar-refractivity contribution is 7.98. The van der Waals surface area contributed by atoms with Gasteiger partial charge in [0.05, 0.1) is 5.75 Å². The molecular formula is C15H18N2OS. The predicted molar refractivity (Wildman–Crippen MR) is 79.6 cm³/mol. The standard InChI is InChI=1S/C15H18N2OS/c1-3-6-12-9-15(18)17-14(16-12)10-19-13-8-5-4-7-11(13)2/h4-5,7-9H,3,6,10H2,1-2H3,(H,16,17,18). The third-order valence-corrected chi connectivity index (χ3v) is 3.99. The van der Waals surface area contributed by atoms with Crippen LogP contribution in [0, 0.1) is 6.92 Å². The van der Waals surface area contributed by atoms with Gasteiger partial charge in [-0.2, -0.15) is 0 Å². The van der Waals surface area contributed by atoms with Gasteiger partial charge in [-0.1, -0.05) is 31.5 Å². The molecule has 1 aromatic carbocycles. The van der Waals surface area contributed by atoms with Crippen LogP contribution in [0.4, 0.5) is 0 Å². The first-order valence-corrected chi connectivity index (χ1v) is 7.45. The molecular weight excluding hydrogens is 256 g/mol. The van der Waals surface area contributed by atoms with Crippen molar-refractivity contribution >= 4 is 11.8 Å². The highest BCUT2D eigenvalue weighted by Gasteiger charge is 2.03. The zero-order valence-corrected chi connectivity index (χ0v) is 12.1. The number of rotatable bonds is 5. The summed E-state index contributed by atoms with van der Waals surface area (Å²) in [5.41, 5.74) is 2.07. The molecule has 0 aliphatic carbocycles. The minimum atomic E-state index is -0.0566. The third-order valence-electron chi connectivity index (χ3n) is 2.81. The molecule has 0 amide bonds. The normalized spacial score (nSPS) is 10.6. The fourth-order valence-corrected chi connectivity index (χ4v) is 2.78. The van der Waals surface area contributed by atoms with Crippen molar-refractivity contribution in [3.63, 3.8) is 0 Å². The van der Waals surface area contributed by atoms with Crippen LogP contribution in [0.3, 0.4) is 0 Å². The lowest BCUT2D eigenvalue weighted by Gasteiger charge is -2.06. The smallest absolute Gasteiger partial charge is 0.251 e. The lowest BCUT2D eigenvalue weighted by atomic mass is 10.2. The summed E-state index contributed by atoms with van der Waals surface area (Å²) in [4.78, 5) is 20.1. The first-order valence-electron chi connectivity index (χ1n) is 6.46. The maximum absolute atomic E-state index is 11.6. The molecule has 2 rings (SSSR count). The van der Waals surface area contributed by atoms with E-state index < -0.39 is 0 Å². The molecule has 1 heterocycles. The van der Waals surface area contributed by atoms with Gasteiger partial charge in [-0.3, -0.25) is 4.79 Å². The van der Waals surface area contributed by atoms with E-state index in [0.29, 0.717) is 5.75 Å². The number of hydrogen-bond acceptors (Lipinski definition) is 3. The monoisotopic (exact) mass is 274 g/mol. The van der Waals surface area contributed by atoms with E-state index in [2.05, 4.69) is 35.9 Å². The molecule has 4 heteroatoms. The van der Waals surface area contributed by atoms with E-state index in [9.17, 15) is 4.79 Å². The minimum absolute atomic E-state index is 0.0566. The average Bonchev–Trinajstić information content (AvgIpc) is 2.37. The van der Waals surface area contributed by atoms with E-state index in [1.807, 2.05) is 12.1 Å². The van der Waals surface area contributed by atoms with Gasteiger partial charge in [0.1, 0.15) is 5.82 Å². The third kappa shape index (κ3) is 3.96. The van der Waals surface area contributed by atoms with Crippen molar-refractivity contribution in [2.24, 2.45) is 0 Å². The fraction of sp³-hybridized carbons (Fsp3) is 0.333. The summed E-state index contributed by atoms with van der Waals surface area (Å²) in [5.74, 6) is 1.45. The van der Waals surface area contributed by atoms with Crippen molar-refractivity contribution < 1.29 is 0 Å². The summed E-state index contributed by atoms with van der Waals surface area (Å²) in [6.45, 7) is 4.18. The lowest BCUT2D eigenvalue weighted by Crippen LogP contribution is -2.12. The Kier molecular flexibility index (Phi) is 4.80. The van der Waals surface area contributed by atoms with Crippen molar-refractivity contribution in [3.05, 3.63) is 57.8 Å². The zero-order chi connectivity index (χ0) is 13.7. The summed E-state index contributed by atoms with van der Waals surface area (Å²) < 4.78 is 0. The topological polar surface area (TPSA) is 45.8 Å². The Morgan fingerprint density at radius 3 is 2.84 bits per heavy atom. The highest BCUT2D eigenvalue weighted by atomic mass is 32.2. The maximum atomic E-state index is 11.6. The zero-order valence-electron chi connectivity index (χ0n) is 11.3. The van der Waals surface area contributed by atoms with Crippen LogP contribution >= 0.6 is 11.8 Å². The van der Waals surface area contributed by atoms with Gasteiger partial charge in [0.15, 0.2) is 0 Å². The minimum Gasteiger partial charge on any atom is -0.310 e. The summed E-state index contributed by atoms with van der Waals surface area (Å²) >= 11 is 1.70. The number of thioether (sulfide) groups is 1. The van der Waals surface area contributed by atoms with Crippen molar-refractivity contribution in [1.29, 1.82) is 0 Å². The van der Waals surface area contributed by atoms with Gasteiger partial charge in [-0.25, -0.2) is 4.98 Å². The molecule has 0 spiro atoms. The van der Waals surface area contributed by atoms with E-state index in [1.165, 1.54) is 10.5 Å². The van der Waals surface area contributed by atoms with Crippen molar-refractivity contribution in [1.82, 2.24) is 9.97 Å². The Morgan fingerprint density at radius 1 is 1.32 bits per heavy atom. The molecule has 0 aliphatic heterocycles. The van der Waals surface area contributed by atoms with Crippen LogP contribution < -0.4 is 5.56 Å². The molecule has 0 saturated carbocycles. The molecule has 0 aliphatic rings. The van der Waals surface area contributed by atoms with Crippen LogP contribution in [0.25, 0.3) is 0 Å². The molecule has 0 unspecified atom stereocenters. The number of benzene rings is 1. The van der Waals surface area contributed by atoms with E-state index >= 15 is 0 Å². The molecule has 0 radical (unpaired) electrons. The number of H-pyrrole nitrogens is 1. The van der Waals surface area contributed by atoms with Crippen LogP contribution in [-0.2, 0) is 12.2 Å². The number of nitrogens with one attached hydrogen (secondary N) is 1. The van der Waals surface area contributed by atoms with Crippen LogP contribution in [0.1, 0.15) is 30.4 Å². The Balaban J connectivity index is 2.11. The van der Waals surface area contributed by atoms with Crippen LogP contribution in [-0.4, -0.2) is 9.97 Å². The predicted octanol–water partition coefficient (Wildman–Crippen LogP) is 3.32. The molecule has 2 aromatic rings. The van der Waals surface area contributed by atoms with Gasteiger partial charge in [0.2, 0.25) is 0 Å². The van der Waals surface area contributed by atoms with Crippen LogP contribution in [0.5, 0.6) is 0 Å². The molecule has 100 valence electrons. The van der Waals surface area contributed by atoms with Gasteiger partial charge < -0.3 is 4.98 Å². The second-order valence-corrected chi connectivity index (χ2v) is 5.50. The van der Waals surface area contributed by atoms with Gasteiger partial charge in [0.25, 0.3) is 5.56 Å². The number of aromatic nitrogens is 2. The second-order valence-electron chi connectivity index (χ2n) is 4.49. The Labute approximate surface area is 117 Å². The van der Waals surface area contributed by atoms with E-state index in [0.717, 1.165) is 24.4 Å². The van der Waals surface area contributed by atoms with E-state index in [1.54, 1.807) is 17.8 Å². The molecule has 19 heavy (non-hydrogen) atoms. The van der Waals surface area contributed by atoms with Crippen molar-refractivity contribution in [2.75, 3.05) is 0 Å². The Bertz CT molecular complexity index is 607. The summed E-state index contributed by atoms with van der Waals surface area (Å²) in [7, 11) is 0. The van der Waals surface area contributed by atoms with Gasteiger partial charge in [-0.15, -0.1) is 11.8 Å². The van der Waals surface area contributed by atoms with Crippen LogP contribution in [0.2, 0.25) is 0 Å². The molecule has 1 N–H and O–H groups in total. The SMILES string of the molecule is CCCc1cc(=O)[nH]c(CSc2ccccc2C)n1. The fourth-order valence-electron chi connectivity index (χ4n) is 1.88. The van der Waals surface area contributed by atoms with Gasteiger partial charge in [0, 0.05) is 16.7 Å². The second kappa shape index (κ2) is 6.57. The van der Waals surface area contributed by atoms with Crippen molar-refractivity contribution in [2.45, 2.75) is 37.3 Å². The maximum Gasteiger partial charge on any atom is 0.251 e. The van der Waals surface area contributed by atoms with Crippen LogP contribution in [0.15, 0.2) is 40.0 Å². The number of hydrogen-bond donors (Lipinski definition) is 1. The Hall–Kier alpha value is -1.55. The van der Waals surface area contributed by atoms with Gasteiger partial charge in [-0.05, 0) is 25.0 Å². The molecule has 0 bridgehead atoms. The molecule has 1 aromatic heterocycles.